The highest BCUT2D eigenvalue weighted by Gasteiger charge is 2.31. The fourth-order valence-corrected chi connectivity index (χ4v) is 4.13. The summed E-state index contributed by atoms with van der Waals surface area (Å²) >= 11 is 0. The summed E-state index contributed by atoms with van der Waals surface area (Å²) in [6.45, 7) is 3.56. The molecule has 2 saturated heterocycles. The van der Waals surface area contributed by atoms with Gasteiger partial charge in [0.15, 0.2) is 17.5 Å². The van der Waals surface area contributed by atoms with E-state index in [1.165, 1.54) is 0 Å². The van der Waals surface area contributed by atoms with Crippen molar-refractivity contribution in [3.05, 3.63) is 59.4 Å². The Morgan fingerprint density at radius 1 is 0.889 bits per heavy atom. The molecule has 2 aromatic carbocycles. The van der Waals surface area contributed by atoms with E-state index in [0.29, 0.717) is 23.0 Å². The lowest BCUT2D eigenvalue weighted by molar-refractivity contribution is 0.0758. The van der Waals surface area contributed by atoms with E-state index < -0.39 is 17.5 Å². The van der Waals surface area contributed by atoms with E-state index in [1.807, 2.05) is 4.90 Å². The summed E-state index contributed by atoms with van der Waals surface area (Å²) in [6.07, 6.45) is 2.02. The number of carbonyl (C=O) groups excluding carboxylic acids is 1. The van der Waals surface area contributed by atoms with Crippen LogP contribution in [0.1, 0.15) is 23.2 Å². The molecule has 2 aliphatic rings. The van der Waals surface area contributed by atoms with Crippen LogP contribution < -0.4 is 5.32 Å². The maximum atomic E-state index is 13.4. The van der Waals surface area contributed by atoms with Crippen LogP contribution in [0.4, 0.5) is 13.2 Å². The van der Waals surface area contributed by atoms with E-state index in [0.717, 1.165) is 51.2 Å². The van der Waals surface area contributed by atoms with E-state index in [1.54, 1.807) is 24.3 Å². The highest BCUT2D eigenvalue weighted by atomic mass is 19.2. The standard InChI is InChI=1S/C21H21F3N2O/c22-18-9-17(10-19(23)20(18)24)13-1-3-14(4-2-13)21(27)26-7-5-15-11-25-12-16(15)6-8-26/h1-4,9-10,15-16,25H,5-8,11-12H2/t15-,16+. The topological polar surface area (TPSA) is 32.3 Å². The first kappa shape index (κ1) is 18.0. The maximum Gasteiger partial charge on any atom is 0.253 e. The second kappa shape index (κ2) is 7.35. The van der Waals surface area contributed by atoms with E-state index in [9.17, 15) is 18.0 Å². The molecular formula is C21H21F3N2O. The number of amides is 1. The van der Waals surface area contributed by atoms with Gasteiger partial charge in [-0.2, -0.15) is 0 Å². The minimum absolute atomic E-state index is 0.0223. The highest BCUT2D eigenvalue weighted by Crippen LogP contribution is 2.28. The number of hydrogen-bond donors (Lipinski definition) is 1. The zero-order chi connectivity index (χ0) is 19.0. The van der Waals surface area contributed by atoms with Gasteiger partial charge in [-0.15, -0.1) is 0 Å². The number of halogens is 3. The molecule has 2 heterocycles. The van der Waals surface area contributed by atoms with Crippen LogP contribution in [0.5, 0.6) is 0 Å². The summed E-state index contributed by atoms with van der Waals surface area (Å²) < 4.78 is 40.0. The Labute approximate surface area is 156 Å². The normalized spacial score (nSPS) is 22.4. The number of hydrogen-bond acceptors (Lipinski definition) is 2. The van der Waals surface area contributed by atoms with Crippen LogP contribution >= 0.6 is 0 Å². The molecule has 2 aromatic rings. The molecule has 2 aliphatic heterocycles. The molecule has 0 unspecified atom stereocenters. The second-order valence-electron chi connectivity index (χ2n) is 7.38. The van der Waals surface area contributed by atoms with Crippen molar-refractivity contribution < 1.29 is 18.0 Å². The van der Waals surface area contributed by atoms with Crippen LogP contribution in [0.25, 0.3) is 11.1 Å². The van der Waals surface area contributed by atoms with Crippen molar-refractivity contribution in [3.63, 3.8) is 0 Å². The molecule has 0 bridgehead atoms. The molecule has 2 atom stereocenters. The molecule has 4 rings (SSSR count). The number of nitrogens with one attached hydrogen (secondary N) is 1. The first-order valence-corrected chi connectivity index (χ1v) is 9.28. The lowest BCUT2D eigenvalue weighted by atomic mass is 9.92. The molecule has 0 spiro atoms. The van der Waals surface area contributed by atoms with Gasteiger partial charge in [-0.05, 0) is 73.2 Å². The third-order valence-corrected chi connectivity index (χ3v) is 5.76. The molecule has 2 fully saturated rings. The summed E-state index contributed by atoms with van der Waals surface area (Å²) in [7, 11) is 0. The highest BCUT2D eigenvalue weighted by molar-refractivity contribution is 5.94. The smallest absolute Gasteiger partial charge is 0.253 e. The van der Waals surface area contributed by atoms with Gasteiger partial charge < -0.3 is 10.2 Å². The maximum absolute atomic E-state index is 13.4. The van der Waals surface area contributed by atoms with Crippen molar-refractivity contribution in [3.8, 4) is 11.1 Å². The molecule has 142 valence electrons. The van der Waals surface area contributed by atoms with Crippen molar-refractivity contribution in [2.75, 3.05) is 26.2 Å². The first-order chi connectivity index (χ1) is 13.0. The van der Waals surface area contributed by atoms with Gasteiger partial charge >= 0.3 is 0 Å². The quantitative estimate of drug-likeness (QED) is 0.810. The van der Waals surface area contributed by atoms with E-state index >= 15 is 0 Å². The van der Waals surface area contributed by atoms with Crippen LogP contribution in [0.15, 0.2) is 36.4 Å². The van der Waals surface area contributed by atoms with Crippen molar-refractivity contribution in [2.45, 2.75) is 12.8 Å². The number of carbonyl (C=O) groups is 1. The van der Waals surface area contributed by atoms with Crippen molar-refractivity contribution in [1.82, 2.24) is 10.2 Å². The van der Waals surface area contributed by atoms with Crippen LogP contribution in [0.3, 0.4) is 0 Å². The van der Waals surface area contributed by atoms with Gasteiger partial charge in [0.05, 0.1) is 0 Å². The van der Waals surface area contributed by atoms with E-state index in [-0.39, 0.29) is 11.5 Å². The fraction of sp³-hybridized carbons (Fsp3) is 0.381. The Morgan fingerprint density at radius 2 is 1.44 bits per heavy atom. The number of fused-ring (bicyclic) bond motifs is 1. The van der Waals surface area contributed by atoms with Gasteiger partial charge in [0.1, 0.15) is 0 Å². The summed E-state index contributed by atoms with van der Waals surface area (Å²) in [4.78, 5) is 14.7. The lowest BCUT2D eigenvalue weighted by Gasteiger charge is -2.21. The number of rotatable bonds is 2. The molecule has 0 aliphatic carbocycles. The van der Waals surface area contributed by atoms with Crippen LogP contribution in [-0.2, 0) is 0 Å². The van der Waals surface area contributed by atoms with Gasteiger partial charge in [0, 0.05) is 18.7 Å². The molecule has 1 amide bonds. The molecule has 27 heavy (non-hydrogen) atoms. The summed E-state index contributed by atoms with van der Waals surface area (Å²) in [5.41, 5.74) is 1.31. The third kappa shape index (κ3) is 3.58. The van der Waals surface area contributed by atoms with Gasteiger partial charge in [0.25, 0.3) is 5.91 Å². The Kier molecular flexibility index (Phi) is 4.91. The molecule has 6 heteroatoms. The average molecular weight is 374 g/mol. The molecule has 0 aromatic heterocycles. The van der Waals surface area contributed by atoms with Crippen molar-refractivity contribution >= 4 is 5.91 Å². The Morgan fingerprint density at radius 3 is 2.00 bits per heavy atom. The predicted molar refractivity (Wildman–Crippen MR) is 96.7 cm³/mol. The van der Waals surface area contributed by atoms with Gasteiger partial charge in [-0.1, -0.05) is 12.1 Å². The van der Waals surface area contributed by atoms with Crippen LogP contribution in [-0.4, -0.2) is 37.0 Å². The summed E-state index contributed by atoms with van der Waals surface area (Å²) in [5.74, 6) is -2.66. The number of nitrogens with zero attached hydrogens (tertiary/aromatic N) is 1. The van der Waals surface area contributed by atoms with Crippen molar-refractivity contribution in [1.29, 1.82) is 0 Å². The monoisotopic (exact) mass is 374 g/mol. The fourth-order valence-electron chi connectivity index (χ4n) is 4.13. The zero-order valence-corrected chi connectivity index (χ0v) is 14.9. The first-order valence-electron chi connectivity index (χ1n) is 9.28. The predicted octanol–water partition coefficient (Wildman–Crippen LogP) is 3.84. The average Bonchev–Trinajstić information content (AvgIpc) is 3.03. The zero-order valence-electron chi connectivity index (χ0n) is 14.9. The lowest BCUT2D eigenvalue weighted by Crippen LogP contribution is -2.32. The number of likely N-dealkylation sites (tertiary alicyclic amines) is 1. The molecule has 0 saturated carbocycles. The van der Waals surface area contributed by atoms with Crippen molar-refractivity contribution in [2.24, 2.45) is 11.8 Å². The SMILES string of the molecule is O=C(c1ccc(-c2cc(F)c(F)c(F)c2)cc1)N1CC[C@@H]2CNC[C@@H]2CC1. The minimum Gasteiger partial charge on any atom is -0.339 e. The van der Waals surface area contributed by atoms with E-state index in [4.69, 9.17) is 0 Å². The van der Waals surface area contributed by atoms with Gasteiger partial charge in [-0.3, -0.25) is 4.79 Å². The molecule has 0 radical (unpaired) electrons. The van der Waals surface area contributed by atoms with E-state index in [2.05, 4.69) is 5.32 Å². The van der Waals surface area contributed by atoms with Crippen LogP contribution in [0.2, 0.25) is 0 Å². The Hall–Kier alpha value is -2.34. The largest absolute Gasteiger partial charge is 0.339 e. The molecular weight excluding hydrogens is 353 g/mol. The number of benzene rings is 2. The Bertz CT molecular complexity index is 816. The molecule has 1 N–H and O–H groups in total. The van der Waals surface area contributed by atoms with Gasteiger partial charge in [-0.25, -0.2) is 13.2 Å². The molecule has 3 nitrogen and oxygen atoms in total. The summed E-state index contributed by atoms with van der Waals surface area (Å²) in [6, 6.07) is 8.49. The second-order valence-corrected chi connectivity index (χ2v) is 7.38. The van der Waals surface area contributed by atoms with Gasteiger partial charge in [0.2, 0.25) is 0 Å². The Balaban J connectivity index is 1.49. The third-order valence-electron chi connectivity index (χ3n) is 5.76. The summed E-state index contributed by atoms with van der Waals surface area (Å²) in [5, 5.41) is 3.42. The van der Waals surface area contributed by atoms with Crippen LogP contribution in [0, 0.1) is 29.3 Å². The minimum atomic E-state index is -1.48.